The maximum absolute atomic E-state index is 10.8. The van der Waals surface area contributed by atoms with E-state index in [0.717, 1.165) is 49.5 Å². The SMILES string of the molecule is CC12CCCCC1=CCC1C2CCC2(C)C(CCCC3(O)CCCOC3)CCC12. The molecule has 0 spiro atoms. The van der Waals surface area contributed by atoms with Crippen molar-refractivity contribution in [2.24, 2.45) is 34.5 Å². The molecule has 1 aliphatic heterocycles. The first kappa shape index (κ1) is 20.6. The third-order valence-corrected chi connectivity index (χ3v) is 10.7. The molecule has 5 rings (SSSR count). The van der Waals surface area contributed by atoms with Gasteiger partial charge in [0.25, 0.3) is 0 Å². The number of allylic oxidation sites excluding steroid dienone is 2. The van der Waals surface area contributed by atoms with Crippen molar-refractivity contribution >= 4 is 0 Å². The van der Waals surface area contributed by atoms with Crippen molar-refractivity contribution in [1.29, 1.82) is 0 Å². The molecule has 4 aliphatic carbocycles. The monoisotopic (exact) mass is 400 g/mol. The topological polar surface area (TPSA) is 29.5 Å². The van der Waals surface area contributed by atoms with Gasteiger partial charge in [-0.3, -0.25) is 0 Å². The summed E-state index contributed by atoms with van der Waals surface area (Å²) in [7, 11) is 0. The molecule has 1 saturated heterocycles. The molecule has 7 unspecified atom stereocenters. The summed E-state index contributed by atoms with van der Waals surface area (Å²) < 4.78 is 5.57. The summed E-state index contributed by atoms with van der Waals surface area (Å²) in [6.45, 7) is 6.69. The van der Waals surface area contributed by atoms with E-state index >= 15 is 0 Å². The van der Waals surface area contributed by atoms with E-state index in [1.54, 1.807) is 0 Å². The van der Waals surface area contributed by atoms with E-state index in [0.29, 0.717) is 17.4 Å². The second kappa shape index (κ2) is 7.66. The zero-order chi connectivity index (χ0) is 20.1. The van der Waals surface area contributed by atoms with Crippen LogP contribution in [-0.2, 0) is 4.74 Å². The van der Waals surface area contributed by atoms with Crippen molar-refractivity contribution < 1.29 is 9.84 Å². The Morgan fingerprint density at radius 2 is 1.93 bits per heavy atom. The van der Waals surface area contributed by atoms with Crippen LogP contribution < -0.4 is 0 Å². The Labute approximate surface area is 178 Å². The maximum atomic E-state index is 10.8. The molecule has 0 aromatic heterocycles. The van der Waals surface area contributed by atoms with Crippen molar-refractivity contribution in [2.75, 3.05) is 13.2 Å². The molecule has 164 valence electrons. The fourth-order valence-corrected chi connectivity index (χ4v) is 8.99. The molecule has 1 N–H and O–H groups in total. The van der Waals surface area contributed by atoms with Crippen molar-refractivity contribution in [1.82, 2.24) is 0 Å². The fraction of sp³-hybridized carbons (Fsp3) is 0.926. The van der Waals surface area contributed by atoms with Gasteiger partial charge in [0.05, 0.1) is 12.2 Å². The summed E-state index contributed by atoms with van der Waals surface area (Å²) in [5.41, 5.74) is 2.40. The van der Waals surface area contributed by atoms with Crippen LogP contribution in [0.2, 0.25) is 0 Å². The lowest BCUT2D eigenvalue weighted by molar-refractivity contribution is -0.0922. The predicted octanol–water partition coefficient (Wildman–Crippen LogP) is 6.67. The molecule has 0 aromatic rings. The third-order valence-electron chi connectivity index (χ3n) is 10.7. The first-order chi connectivity index (χ1) is 13.9. The van der Waals surface area contributed by atoms with Crippen molar-refractivity contribution in [3.8, 4) is 0 Å². The van der Waals surface area contributed by atoms with Crippen molar-refractivity contribution in [3.05, 3.63) is 11.6 Å². The second-order valence-corrected chi connectivity index (χ2v) is 12.1. The van der Waals surface area contributed by atoms with Gasteiger partial charge in [0.1, 0.15) is 0 Å². The quantitative estimate of drug-likeness (QED) is 0.534. The molecule has 0 aromatic carbocycles. The van der Waals surface area contributed by atoms with Crippen LogP contribution in [-0.4, -0.2) is 23.9 Å². The Balaban J connectivity index is 1.25. The van der Waals surface area contributed by atoms with Gasteiger partial charge in [-0.05, 0) is 112 Å². The Morgan fingerprint density at radius 1 is 1.03 bits per heavy atom. The summed E-state index contributed by atoms with van der Waals surface area (Å²) in [5, 5.41) is 10.8. The molecule has 1 heterocycles. The molecular weight excluding hydrogens is 356 g/mol. The Bertz CT molecular complexity index is 632. The van der Waals surface area contributed by atoms with E-state index in [1.165, 1.54) is 70.6 Å². The smallest absolute Gasteiger partial charge is 0.0881 e. The number of aliphatic hydroxyl groups is 1. The minimum Gasteiger partial charge on any atom is -0.387 e. The van der Waals surface area contributed by atoms with Gasteiger partial charge in [-0.2, -0.15) is 0 Å². The normalized spacial score (nSPS) is 49.7. The number of ether oxygens (including phenoxy) is 1. The van der Waals surface area contributed by atoms with Crippen LogP contribution >= 0.6 is 0 Å². The molecule has 2 nitrogen and oxygen atoms in total. The van der Waals surface area contributed by atoms with Gasteiger partial charge in [-0.1, -0.05) is 38.3 Å². The highest BCUT2D eigenvalue weighted by molar-refractivity contribution is 5.24. The van der Waals surface area contributed by atoms with Gasteiger partial charge in [0.2, 0.25) is 0 Å². The average Bonchev–Trinajstić information content (AvgIpc) is 3.04. The molecule has 0 bridgehead atoms. The van der Waals surface area contributed by atoms with Gasteiger partial charge in [-0.25, -0.2) is 0 Å². The van der Waals surface area contributed by atoms with Gasteiger partial charge >= 0.3 is 0 Å². The van der Waals surface area contributed by atoms with Gasteiger partial charge in [0.15, 0.2) is 0 Å². The first-order valence-corrected chi connectivity index (χ1v) is 12.9. The zero-order valence-electron chi connectivity index (χ0n) is 19.1. The van der Waals surface area contributed by atoms with Gasteiger partial charge in [-0.15, -0.1) is 0 Å². The second-order valence-electron chi connectivity index (χ2n) is 12.1. The molecule has 0 amide bonds. The molecule has 4 fully saturated rings. The Morgan fingerprint density at radius 3 is 2.76 bits per heavy atom. The van der Waals surface area contributed by atoms with Gasteiger partial charge < -0.3 is 9.84 Å². The van der Waals surface area contributed by atoms with Crippen LogP contribution in [0.5, 0.6) is 0 Å². The number of hydrogen-bond donors (Lipinski definition) is 1. The first-order valence-electron chi connectivity index (χ1n) is 12.9. The molecule has 29 heavy (non-hydrogen) atoms. The molecule has 2 heteroatoms. The summed E-state index contributed by atoms with van der Waals surface area (Å²) in [6, 6.07) is 0. The number of fused-ring (bicyclic) bond motifs is 5. The van der Waals surface area contributed by atoms with Crippen molar-refractivity contribution in [2.45, 2.75) is 109 Å². The van der Waals surface area contributed by atoms with E-state index < -0.39 is 5.60 Å². The zero-order valence-corrected chi connectivity index (χ0v) is 19.1. The van der Waals surface area contributed by atoms with E-state index in [4.69, 9.17) is 4.74 Å². The lowest BCUT2D eigenvalue weighted by Crippen LogP contribution is -2.49. The van der Waals surface area contributed by atoms with Crippen LogP contribution in [0.1, 0.15) is 104 Å². The number of hydrogen-bond acceptors (Lipinski definition) is 2. The molecule has 0 radical (unpaired) electrons. The van der Waals surface area contributed by atoms with Gasteiger partial charge in [0, 0.05) is 6.61 Å². The largest absolute Gasteiger partial charge is 0.387 e. The molecule has 7 atom stereocenters. The number of rotatable bonds is 4. The Kier molecular flexibility index (Phi) is 5.43. The van der Waals surface area contributed by atoms with E-state index in [-0.39, 0.29) is 0 Å². The van der Waals surface area contributed by atoms with Crippen LogP contribution in [0.4, 0.5) is 0 Å². The standard InChI is InChI=1S/C27H44O2/c1-25-14-4-3-7-20(25)9-11-22-23-12-10-21(26(23,2)17-13-24(22)25)8-5-15-27(28)16-6-18-29-19-27/h9,21-24,28H,3-8,10-19H2,1-2H3. The minimum absolute atomic E-state index is 0.533. The summed E-state index contributed by atoms with van der Waals surface area (Å²) in [4.78, 5) is 0. The van der Waals surface area contributed by atoms with E-state index in [9.17, 15) is 5.11 Å². The molecule has 3 saturated carbocycles. The summed E-state index contributed by atoms with van der Waals surface area (Å²) >= 11 is 0. The lowest BCUT2D eigenvalue weighted by Gasteiger charge is -2.57. The maximum Gasteiger partial charge on any atom is 0.0881 e. The summed E-state index contributed by atoms with van der Waals surface area (Å²) in [5.74, 6) is 3.73. The van der Waals surface area contributed by atoms with Crippen molar-refractivity contribution in [3.63, 3.8) is 0 Å². The highest BCUT2D eigenvalue weighted by atomic mass is 16.5. The van der Waals surface area contributed by atoms with E-state index in [1.807, 2.05) is 5.57 Å². The fourth-order valence-electron chi connectivity index (χ4n) is 8.99. The average molecular weight is 401 g/mol. The third kappa shape index (κ3) is 3.45. The van der Waals surface area contributed by atoms with Crippen LogP contribution in [0.15, 0.2) is 11.6 Å². The van der Waals surface area contributed by atoms with Crippen LogP contribution in [0, 0.1) is 34.5 Å². The van der Waals surface area contributed by atoms with Crippen LogP contribution in [0.3, 0.4) is 0 Å². The highest BCUT2D eigenvalue weighted by Gasteiger charge is 2.57. The van der Waals surface area contributed by atoms with Crippen LogP contribution in [0.25, 0.3) is 0 Å². The minimum atomic E-state index is -0.533. The molecular formula is C27H44O2. The summed E-state index contributed by atoms with van der Waals surface area (Å²) in [6.07, 6.45) is 21.1. The highest BCUT2D eigenvalue weighted by Crippen LogP contribution is 2.66. The predicted molar refractivity (Wildman–Crippen MR) is 119 cm³/mol. The van der Waals surface area contributed by atoms with E-state index in [2.05, 4.69) is 19.9 Å². The Hall–Kier alpha value is -0.340. The lowest BCUT2D eigenvalue weighted by atomic mass is 9.47. The molecule has 5 aliphatic rings.